The van der Waals surface area contributed by atoms with Crippen LogP contribution in [0.15, 0.2) is 18.2 Å². The molecule has 0 amide bonds. The first-order chi connectivity index (χ1) is 11.2. The number of hydrogen-bond acceptors (Lipinski definition) is 5. The van der Waals surface area contributed by atoms with E-state index in [0.717, 1.165) is 48.7 Å². The summed E-state index contributed by atoms with van der Waals surface area (Å²) >= 11 is 0. The first-order valence-corrected chi connectivity index (χ1v) is 8.11. The highest BCUT2D eigenvalue weighted by Gasteiger charge is 2.24. The zero-order valence-electron chi connectivity index (χ0n) is 13.2. The predicted molar refractivity (Wildman–Crippen MR) is 85.4 cm³/mol. The average Bonchev–Trinajstić information content (AvgIpc) is 3.20. The number of nitrogens with one attached hydrogen (secondary N) is 1. The van der Waals surface area contributed by atoms with Crippen LogP contribution in [-0.2, 0) is 13.0 Å². The van der Waals surface area contributed by atoms with Crippen molar-refractivity contribution in [3.63, 3.8) is 0 Å². The van der Waals surface area contributed by atoms with E-state index in [1.54, 1.807) is 0 Å². The normalized spacial score (nSPS) is 18.0. The Labute approximate surface area is 135 Å². The molecular formula is C17H21N3O3. The molecule has 1 aromatic heterocycles. The van der Waals surface area contributed by atoms with Crippen molar-refractivity contribution >= 4 is 0 Å². The molecule has 6 nitrogen and oxygen atoms in total. The van der Waals surface area contributed by atoms with Gasteiger partial charge in [0.05, 0.1) is 11.8 Å². The van der Waals surface area contributed by atoms with Crippen molar-refractivity contribution in [2.75, 3.05) is 19.9 Å². The molecule has 2 aliphatic heterocycles. The second-order valence-electron chi connectivity index (χ2n) is 6.14. The van der Waals surface area contributed by atoms with E-state index in [2.05, 4.69) is 15.1 Å². The maximum atomic E-state index is 9.91. The summed E-state index contributed by atoms with van der Waals surface area (Å²) in [5.74, 6) is 1.55. The third-order valence-electron chi connectivity index (χ3n) is 4.60. The molecule has 0 spiro atoms. The van der Waals surface area contributed by atoms with E-state index in [1.165, 1.54) is 11.3 Å². The largest absolute Gasteiger partial charge is 0.454 e. The van der Waals surface area contributed by atoms with Gasteiger partial charge in [0.1, 0.15) is 0 Å². The van der Waals surface area contributed by atoms with Crippen molar-refractivity contribution in [2.24, 2.45) is 0 Å². The number of aliphatic hydroxyl groups is 1. The second kappa shape index (κ2) is 5.86. The Bertz CT molecular complexity index is 713. The van der Waals surface area contributed by atoms with Gasteiger partial charge in [-0.25, -0.2) is 0 Å². The van der Waals surface area contributed by atoms with Gasteiger partial charge in [0.2, 0.25) is 6.79 Å². The number of nitrogens with zero attached hydrogens (tertiary/aromatic N) is 2. The Morgan fingerprint density at radius 3 is 3.09 bits per heavy atom. The standard InChI is InChI=1S/C17H21N3O3/c1-2-12(21)8-20-6-5-14-13(9-20)17(19-18-14)11-3-4-15-16(7-11)23-10-22-15/h3-4,7,12,21H,2,5-6,8-10H2,1H3,(H,18,19). The van der Waals surface area contributed by atoms with Gasteiger partial charge in [0.15, 0.2) is 11.5 Å². The van der Waals surface area contributed by atoms with Crippen molar-refractivity contribution in [1.82, 2.24) is 15.1 Å². The summed E-state index contributed by atoms with van der Waals surface area (Å²) in [5.41, 5.74) is 4.41. The van der Waals surface area contributed by atoms with E-state index in [-0.39, 0.29) is 12.9 Å². The van der Waals surface area contributed by atoms with Gasteiger partial charge in [-0.1, -0.05) is 6.92 Å². The highest BCUT2D eigenvalue weighted by atomic mass is 16.7. The number of hydrogen-bond donors (Lipinski definition) is 2. The third kappa shape index (κ3) is 2.68. The van der Waals surface area contributed by atoms with E-state index in [1.807, 2.05) is 25.1 Å². The lowest BCUT2D eigenvalue weighted by Gasteiger charge is -2.28. The number of β-amino-alcohol motifs (C(OH)–C–C–N with tert-alkyl or cyclic N) is 1. The fraction of sp³-hybridized carbons (Fsp3) is 0.471. The molecule has 1 aromatic carbocycles. The van der Waals surface area contributed by atoms with Gasteiger partial charge in [-0.05, 0) is 24.6 Å². The van der Waals surface area contributed by atoms with Crippen LogP contribution in [0.2, 0.25) is 0 Å². The summed E-state index contributed by atoms with van der Waals surface area (Å²) in [5, 5.41) is 17.6. The molecule has 2 aromatic rings. The lowest BCUT2D eigenvalue weighted by Crippen LogP contribution is -2.36. The zero-order chi connectivity index (χ0) is 15.8. The molecular weight excluding hydrogens is 294 g/mol. The van der Waals surface area contributed by atoms with E-state index < -0.39 is 0 Å². The van der Waals surface area contributed by atoms with Gasteiger partial charge in [0.25, 0.3) is 0 Å². The molecule has 0 aliphatic carbocycles. The number of H-pyrrole nitrogens is 1. The molecule has 122 valence electrons. The first-order valence-electron chi connectivity index (χ1n) is 8.11. The molecule has 0 saturated heterocycles. The summed E-state index contributed by atoms with van der Waals surface area (Å²) in [7, 11) is 0. The molecule has 0 fully saturated rings. The van der Waals surface area contributed by atoms with Crippen LogP contribution in [0, 0.1) is 0 Å². The molecule has 2 N–H and O–H groups in total. The van der Waals surface area contributed by atoms with Crippen molar-refractivity contribution < 1.29 is 14.6 Å². The lowest BCUT2D eigenvalue weighted by atomic mass is 10.0. The van der Waals surface area contributed by atoms with Crippen LogP contribution in [-0.4, -0.2) is 46.2 Å². The van der Waals surface area contributed by atoms with Crippen LogP contribution < -0.4 is 9.47 Å². The Kier molecular flexibility index (Phi) is 3.71. The number of aromatic nitrogens is 2. The fourth-order valence-corrected chi connectivity index (χ4v) is 3.22. The number of benzene rings is 1. The topological polar surface area (TPSA) is 70.6 Å². The van der Waals surface area contributed by atoms with Crippen LogP contribution in [0.5, 0.6) is 11.5 Å². The van der Waals surface area contributed by atoms with Crippen molar-refractivity contribution in [3.05, 3.63) is 29.5 Å². The van der Waals surface area contributed by atoms with Crippen LogP contribution >= 0.6 is 0 Å². The molecule has 3 heterocycles. The van der Waals surface area contributed by atoms with Crippen LogP contribution in [0.4, 0.5) is 0 Å². The molecule has 0 radical (unpaired) electrons. The monoisotopic (exact) mass is 315 g/mol. The van der Waals surface area contributed by atoms with E-state index in [9.17, 15) is 5.11 Å². The molecule has 4 rings (SSSR count). The summed E-state index contributed by atoms with van der Waals surface area (Å²) in [6.07, 6.45) is 1.45. The first kappa shape index (κ1) is 14.5. The minimum Gasteiger partial charge on any atom is -0.454 e. The van der Waals surface area contributed by atoms with Gasteiger partial charge in [-0.3, -0.25) is 10.00 Å². The van der Waals surface area contributed by atoms with Gasteiger partial charge in [-0.15, -0.1) is 0 Å². The number of rotatable bonds is 4. The highest BCUT2D eigenvalue weighted by Crippen LogP contribution is 2.37. The summed E-state index contributed by atoms with van der Waals surface area (Å²) in [6, 6.07) is 5.93. The predicted octanol–water partition coefficient (Wildman–Crippen LogP) is 1.93. The number of fused-ring (bicyclic) bond motifs is 2. The molecule has 1 unspecified atom stereocenters. The van der Waals surface area contributed by atoms with E-state index in [0.29, 0.717) is 6.54 Å². The number of ether oxygens (including phenoxy) is 2. The van der Waals surface area contributed by atoms with E-state index >= 15 is 0 Å². The summed E-state index contributed by atoms with van der Waals surface area (Å²) < 4.78 is 10.8. The Morgan fingerprint density at radius 2 is 2.22 bits per heavy atom. The third-order valence-corrected chi connectivity index (χ3v) is 4.60. The molecule has 2 aliphatic rings. The summed E-state index contributed by atoms with van der Waals surface area (Å²) in [4.78, 5) is 2.29. The lowest BCUT2D eigenvalue weighted by molar-refractivity contribution is 0.102. The molecule has 0 saturated carbocycles. The van der Waals surface area contributed by atoms with E-state index in [4.69, 9.17) is 9.47 Å². The SMILES string of the molecule is CCC(O)CN1CCc2[nH]nc(-c3ccc4c(c3)OCO4)c2C1. The number of aliphatic hydroxyl groups excluding tert-OH is 1. The van der Waals surface area contributed by atoms with Gasteiger partial charge in [0, 0.05) is 42.9 Å². The highest BCUT2D eigenvalue weighted by molar-refractivity contribution is 5.68. The van der Waals surface area contributed by atoms with Crippen LogP contribution in [0.3, 0.4) is 0 Å². The van der Waals surface area contributed by atoms with Crippen molar-refractivity contribution in [1.29, 1.82) is 0 Å². The van der Waals surface area contributed by atoms with Gasteiger partial charge < -0.3 is 14.6 Å². The van der Waals surface area contributed by atoms with Crippen LogP contribution in [0.25, 0.3) is 11.3 Å². The zero-order valence-corrected chi connectivity index (χ0v) is 13.2. The molecule has 6 heteroatoms. The minimum atomic E-state index is -0.266. The smallest absolute Gasteiger partial charge is 0.231 e. The van der Waals surface area contributed by atoms with Gasteiger partial charge in [-0.2, -0.15) is 5.10 Å². The quantitative estimate of drug-likeness (QED) is 0.902. The van der Waals surface area contributed by atoms with Gasteiger partial charge >= 0.3 is 0 Å². The molecule has 1 atom stereocenters. The molecule has 23 heavy (non-hydrogen) atoms. The molecule has 0 bridgehead atoms. The van der Waals surface area contributed by atoms with Crippen molar-refractivity contribution in [3.8, 4) is 22.8 Å². The van der Waals surface area contributed by atoms with Crippen LogP contribution in [0.1, 0.15) is 24.6 Å². The summed E-state index contributed by atoms with van der Waals surface area (Å²) in [6.45, 7) is 4.76. The maximum absolute atomic E-state index is 9.91. The minimum absolute atomic E-state index is 0.266. The Hall–Kier alpha value is -2.05. The second-order valence-corrected chi connectivity index (χ2v) is 6.14. The Balaban J connectivity index is 1.61. The Morgan fingerprint density at radius 1 is 1.35 bits per heavy atom. The maximum Gasteiger partial charge on any atom is 0.231 e. The number of aromatic amines is 1. The van der Waals surface area contributed by atoms with Crippen molar-refractivity contribution in [2.45, 2.75) is 32.4 Å². The average molecular weight is 315 g/mol. The fourth-order valence-electron chi connectivity index (χ4n) is 3.22.